The fourth-order valence-corrected chi connectivity index (χ4v) is 5.11. The van der Waals surface area contributed by atoms with Gasteiger partial charge < -0.3 is 15.1 Å². The number of hydrogen-bond donors (Lipinski definition) is 1. The van der Waals surface area contributed by atoms with E-state index in [4.69, 9.17) is 0 Å². The van der Waals surface area contributed by atoms with Crippen molar-refractivity contribution in [1.29, 1.82) is 0 Å². The first kappa shape index (κ1) is 19.9. The van der Waals surface area contributed by atoms with Gasteiger partial charge in [0, 0.05) is 31.3 Å². The van der Waals surface area contributed by atoms with Gasteiger partial charge >= 0.3 is 0 Å². The summed E-state index contributed by atoms with van der Waals surface area (Å²) in [7, 11) is 0. The summed E-state index contributed by atoms with van der Waals surface area (Å²) in [5, 5.41) is 3.46. The van der Waals surface area contributed by atoms with Crippen molar-refractivity contribution in [2.45, 2.75) is 45.6 Å². The van der Waals surface area contributed by atoms with Gasteiger partial charge in [0.1, 0.15) is 6.04 Å². The topological polar surface area (TPSA) is 52.7 Å². The Morgan fingerprint density at radius 3 is 2.58 bits per heavy atom. The Labute approximate surface area is 155 Å². The highest BCUT2D eigenvalue weighted by Crippen LogP contribution is 2.37. The predicted octanol–water partition coefficient (Wildman–Crippen LogP) is 1.96. The third-order valence-electron chi connectivity index (χ3n) is 5.95. The molecule has 0 radical (unpaired) electrons. The summed E-state index contributed by atoms with van der Waals surface area (Å²) < 4.78 is 0. The third-order valence-corrected chi connectivity index (χ3v) is 6.96. The van der Waals surface area contributed by atoms with Gasteiger partial charge in [0.2, 0.25) is 11.8 Å². The molecule has 2 amide bonds. The van der Waals surface area contributed by atoms with Crippen molar-refractivity contribution in [3.63, 3.8) is 0 Å². The first-order valence-electron chi connectivity index (χ1n) is 8.94. The van der Waals surface area contributed by atoms with E-state index in [0.29, 0.717) is 11.3 Å². The Bertz CT molecular complexity index is 461. The lowest BCUT2D eigenvalue weighted by Gasteiger charge is -2.40. The highest BCUT2D eigenvalue weighted by molar-refractivity contribution is 7.99. The summed E-state index contributed by atoms with van der Waals surface area (Å²) in [6.07, 6.45) is 4.28. The summed E-state index contributed by atoms with van der Waals surface area (Å²) in [5.74, 6) is 1.75. The minimum absolute atomic E-state index is 0. The summed E-state index contributed by atoms with van der Waals surface area (Å²) in [6.45, 7) is 7.92. The molecular formula is C17H30ClN3O2S. The number of halogens is 1. The number of rotatable bonds is 3. The zero-order chi connectivity index (χ0) is 16.4. The first-order valence-corrected chi connectivity index (χ1v) is 10.1. The Balaban J connectivity index is 0.00000208. The molecule has 138 valence electrons. The summed E-state index contributed by atoms with van der Waals surface area (Å²) in [4.78, 5) is 29.3. The molecular weight excluding hydrogens is 346 g/mol. The molecule has 0 aromatic heterocycles. The normalized spacial score (nSPS) is 27.2. The van der Waals surface area contributed by atoms with Crippen LogP contribution in [0.25, 0.3) is 0 Å². The minimum Gasteiger partial charge on any atom is -0.341 e. The van der Waals surface area contributed by atoms with Crippen LogP contribution in [0.3, 0.4) is 0 Å². The molecule has 2 atom stereocenters. The molecule has 3 heterocycles. The fourth-order valence-electron chi connectivity index (χ4n) is 3.96. The average Bonchev–Trinajstić information content (AvgIpc) is 3.23. The van der Waals surface area contributed by atoms with E-state index < -0.39 is 0 Å². The molecule has 0 saturated carbocycles. The van der Waals surface area contributed by atoms with Crippen LogP contribution in [-0.2, 0) is 9.59 Å². The van der Waals surface area contributed by atoms with E-state index in [2.05, 4.69) is 5.32 Å². The van der Waals surface area contributed by atoms with Gasteiger partial charge in [-0.25, -0.2) is 0 Å². The Morgan fingerprint density at radius 2 is 2.00 bits per heavy atom. The number of thioether (sulfide) groups is 1. The molecule has 0 aromatic carbocycles. The zero-order valence-corrected chi connectivity index (χ0v) is 16.4. The fraction of sp³-hybridized carbons (Fsp3) is 0.882. The molecule has 3 aliphatic heterocycles. The molecule has 1 N–H and O–H groups in total. The quantitative estimate of drug-likeness (QED) is 0.819. The minimum atomic E-state index is -0.239. The van der Waals surface area contributed by atoms with E-state index >= 15 is 0 Å². The van der Waals surface area contributed by atoms with Crippen molar-refractivity contribution in [2.75, 3.05) is 37.8 Å². The third kappa shape index (κ3) is 3.86. The van der Waals surface area contributed by atoms with Gasteiger partial charge in [0.15, 0.2) is 0 Å². The van der Waals surface area contributed by atoms with Gasteiger partial charge in [0.25, 0.3) is 0 Å². The number of hydrogen-bond acceptors (Lipinski definition) is 4. The van der Waals surface area contributed by atoms with Gasteiger partial charge in [0.05, 0.1) is 5.88 Å². The number of nitrogens with one attached hydrogen (secondary N) is 1. The molecule has 2 unspecified atom stereocenters. The van der Waals surface area contributed by atoms with Gasteiger partial charge in [-0.05, 0) is 37.6 Å². The number of carbonyl (C=O) groups excluding carboxylic acids is 2. The molecule has 3 fully saturated rings. The van der Waals surface area contributed by atoms with E-state index in [1.54, 1.807) is 11.8 Å². The molecule has 3 aliphatic rings. The molecule has 0 bridgehead atoms. The molecule has 1 spiro atoms. The Hall–Kier alpha value is -0.460. The monoisotopic (exact) mass is 375 g/mol. The van der Waals surface area contributed by atoms with Crippen LogP contribution < -0.4 is 5.32 Å². The standard InChI is InChI=1S/C17H29N3O2S.ClH/c1-3-13(2)15(21)20-12-23-10-14(20)16(22)19-8-5-17(6-9-19)4-7-18-11-17;/h13-14,18H,3-12H2,1-2H3;1H. The lowest BCUT2D eigenvalue weighted by atomic mass is 9.78. The van der Waals surface area contributed by atoms with Gasteiger partial charge in [-0.2, -0.15) is 0 Å². The SMILES string of the molecule is CCC(C)C(=O)N1CSCC1C(=O)N1CCC2(CCNC2)CC1.Cl. The largest absolute Gasteiger partial charge is 0.341 e. The van der Waals surface area contributed by atoms with Crippen LogP contribution in [0.5, 0.6) is 0 Å². The van der Waals surface area contributed by atoms with E-state index in [1.165, 1.54) is 6.42 Å². The van der Waals surface area contributed by atoms with Crippen molar-refractivity contribution >= 4 is 36.0 Å². The maximum atomic E-state index is 12.9. The van der Waals surface area contributed by atoms with Crippen LogP contribution in [0.1, 0.15) is 39.5 Å². The summed E-state index contributed by atoms with van der Waals surface area (Å²) in [6, 6.07) is -0.239. The van der Waals surface area contributed by atoms with Crippen molar-refractivity contribution in [3.8, 4) is 0 Å². The molecule has 0 aliphatic carbocycles. The predicted molar refractivity (Wildman–Crippen MR) is 100 cm³/mol. The van der Waals surface area contributed by atoms with Crippen LogP contribution >= 0.6 is 24.2 Å². The van der Waals surface area contributed by atoms with Gasteiger partial charge in [-0.3, -0.25) is 9.59 Å². The second-order valence-corrected chi connectivity index (χ2v) is 8.38. The maximum absolute atomic E-state index is 12.9. The molecule has 3 saturated heterocycles. The number of likely N-dealkylation sites (tertiary alicyclic amines) is 1. The molecule has 7 heteroatoms. The van der Waals surface area contributed by atoms with Crippen LogP contribution in [0.4, 0.5) is 0 Å². The lowest BCUT2D eigenvalue weighted by molar-refractivity contribution is -0.146. The second-order valence-electron chi connectivity index (χ2n) is 7.39. The van der Waals surface area contributed by atoms with Crippen molar-refractivity contribution in [3.05, 3.63) is 0 Å². The Morgan fingerprint density at radius 1 is 1.29 bits per heavy atom. The number of carbonyl (C=O) groups is 2. The first-order chi connectivity index (χ1) is 11.1. The molecule has 0 aromatic rings. The van der Waals surface area contributed by atoms with Crippen molar-refractivity contribution in [1.82, 2.24) is 15.1 Å². The van der Waals surface area contributed by atoms with Crippen LogP contribution in [0, 0.1) is 11.3 Å². The van der Waals surface area contributed by atoms with E-state index in [1.807, 2.05) is 23.6 Å². The van der Waals surface area contributed by atoms with Crippen molar-refractivity contribution < 1.29 is 9.59 Å². The number of amides is 2. The van der Waals surface area contributed by atoms with Gasteiger partial charge in [-0.15, -0.1) is 24.2 Å². The van der Waals surface area contributed by atoms with E-state index in [0.717, 1.165) is 51.2 Å². The molecule has 5 nitrogen and oxygen atoms in total. The van der Waals surface area contributed by atoms with E-state index in [-0.39, 0.29) is 36.2 Å². The molecule has 3 rings (SSSR count). The number of piperidine rings is 1. The second kappa shape index (κ2) is 8.28. The molecule has 24 heavy (non-hydrogen) atoms. The zero-order valence-electron chi connectivity index (χ0n) is 14.8. The number of nitrogens with zero attached hydrogens (tertiary/aromatic N) is 2. The van der Waals surface area contributed by atoms with Crippen molar-refractivity contribution in [2.24, 2.45) is 11.3 Å². The van der Waals surface area contributed by atoms with Crippen LogP contribution in [-0.4, -0.2) is 65.5 Å². The average molecular weight is 376 g/mol. The maximum Gasteiger partial charge on any atom is 0.246 e. The lowest BCUT2D eigenvalue weighted by Crippen LogP contribution is -2.53. The summed E-state index contributed by atoms with van der Waals surface area (Å²) >= 11 is 1.71. The van der Waals surface area contributed by atoms with Crippen LogP contribution in [0.2, 0.25) is 0 Å². The highest BCUT2D eigenvalue weighted by atomic mass is 35.5. The highest BCUT2D eigenvalue weighted by Gasteiger charge is 2.42. The van der Waals surface area contributed by atoms with E-state index in [9.17, 15) is 9.59 Å². The Kier molecular flexibility index (Phi) is 6.85. The van der Waals surface area contributed by atoms with Gasteiger partial charge in [-0.1, -0.05) is 13.8 Å². The van der Waals surface area contributed by atoms with Crippen LogP contribution in [0.15, 0.2) is 0 Å². The summed E-state index contributed by atoms with van der Waals surface area (Å²) in [5.41, 5.74) is 0.424. The smallest absolute Gasteiger partial charge is 0.246 e.